The highest BCUT2D eigenvalue weighted by Crippen LogP contribution is 2.27. The number of fused-ring (bicyclic) bond motifs is 1. The molecule has 0 radical (unpaired) electrons. The zero-order valence-corrected chi connectivity index (χ0v) is 7.20. The van der Waals surface area contributed by atoms with E-state index in [0.29, 0.717) is 5.69 Å². The monoisotopic (exact) mass is 176 g/mol. The molecule has 0 saturated heterocycles. The lowest BCUT2D eigenvalue weighted by atomic mass is 10.1. The number of aromatic hydroxyl groups is 1. The third-order valence-electron chi connectivity index (χ3n) is 1.93. The molecule has 0 aliphatic rings. The lowest BCUT2D eigenvalue weighted by Crippen LogP contribution is -1.85. The van der Waals surface area contributed by atoms with Crippen LogP contribution in [-0.4, -0.2) is 5.11 Å². The topological polar surface area (TPSA) is 81.2 Å². The standard InChI is InChI=1S/C10H9NO.H3N/c11-9-5-1-4-8-7(9)3-2-6-10(8)12;/h1-6,12H,11H2;1H3. The molecule has 0 atom stereocenters. The van der Waals surface area contributed by atoms with Gasteiger partial charge in [-0.1, -0.05) is 24.3 Å². The molecule has 0 aliphatic carbocycles. The Morgan fingerprint density at radius 3 is 2.23 bits per heavy atom. The van der Waals surface area contributed by atoms with Crippen LogP contribution < -0.4 is 11.9 Å². The average Bonchev–Trinajstić information content (AvgIpc) is 2.07. The van der Waals surface area contributed by atoms with E-state index in [4.69, 9.17) is 5.73 Å². The first kappa shape index (κ1) is 9.35. The predicted molar refractivity (Wildman–Crippen MR) is 55.0 cm³/mol. The van der Waals surface area contributed by atoms with Gasteiger partial charge in [-0.25, -0.2) is 0 Å². The molecule has 13 heavy (non-hydrogen) atoms. The van der Waals surface area contributed by atoms with Gasteiger partial charge in [-0.3, -0.25) is 0 Å². The number of hydrogen-bond donors (Lipinski definition) is 3. The molecule has 0 amide bonds. The maximum Gasteiger partial charge on any atom is 0.123 e. The Bertz CT molecular complexity index is 385. The van der Waals surface area contributed by atoms with Gasteiger partial charge in [0.2, 0.25) is 0 Å². The summed E-state index contributed by atoms with van der Waals surface area (Å²) >= 11 is 0. The summed E-state index contributed by atoms with van der Waals surface area (Å²) in [5.41, 5.74) is 6.41. The molecule has 2 aromatic rings. The lowest BCUT2D eigenvalue weighted by molar-refractivity contribution is 0.481. The number of nitrogens with two attached hydrogens (primary N) is 1. The van der Waals surface area contributed by atoms with Gasteiger partial charge in [0, 0.05) is 16.5 Å². The van der Waals surface area contributed by atoms with Crippen LogP contribution >= 0.6 is 0 Å². The van der Waals surface area contributed by atoms with Gasteiger partial charge < -0.3 is 17.0 Å². The Hall–Kier alpha value is -1.74. The summed E-state index contributed by atoms with van der Waals surface area (Å²) in [7, 11) is 0. The van der Waals surface area contributed by atoms with Crippen LogP contribution in [0.2, 0.25) is 0 Å². The molecule has 0 aromatic heterocycles. The third-order valence-corrected chi connectivity index (χ3v) is 1.93. The van der Waals surface area contributed by atoms with E-state index in [1.165, 1.54) is 0 Å². The number of rotatable bonds is 0. The zero-order chi connectivity index (χ0) is 8.55. The largest absolute Gasteiger partial charge is 0.507 e. The molecule has 0 bridgehead atoms. The first-order valence-electron chi connectivity index (χ1n) is 3.75. The highest BCUT2D eigenvalue weighted by molar-refractivity contribution is 5.96. The molecule has 6 N–H and O–H groups in total. The first-order chi connectivity index (χ1) is 5.79. The second-order valence-electron chi connectivity index (χ2n) is 2.72. The Balaban J connectivity index is 0.000000845. The Morgan fingerprint density at radius 2 is 1.54 bits per heavy atom. The summed E-state index contributed by atoms with van der Waals surface area (Å²) in [6.07, 6.45) is 0. The van der Waals surface area contributed by atoms with Gasteiger partial charge in [-0.2, -0.15) is 0 Å². The molecular formula is C10H12N2O. The van der Waals surface area contributed by atoms with Gasteiger partial charge >= 0.3 is 0 Å². The SMILES string of the molecule is N.Nc1cccc2c(O)cccc12. The van der Waals surface area contributed by atoms with E-state index in [0.717, 1.165) is 10.8 Å². The number of anilines is 1. The van der Waals surface area contributed by atoms with Crippen molar-refractivity contribution < 1.29 is 5.11 Å². The van der Waals surface area contributed by atoms with E-state index in [9.17, 15) is 5.11 Å². The smallest absolute Gasteiger partial charge is 0.123 e. The van der Waals surface area contributed by atoms with Gasteiger partial charge in [0.15, 0.2) is 0 Å². The van der Waals surface area contributed by atoms with Crippen LogP contribution in [0.5, 0.6) is 5.75 Å². The normalized spacial score (nSPS) is 9.54. The predicted octanol–water partition coefficient (Wildman–Crippen LogP) is 2.29. The minimum atomic E-state index is 0. The summed E-state index contributed by atoms with van der Waals surface area (Å²) in [5.74, 6) is 0.278. The summed E-state index contributed by atoms with van der Waals surface area (Å²) in [5, 5.41) is 11.1. The van der Waals surface area contributed by atoms with E-state index in [2.05, 4.69) is 0 Å². The van der Waals surface area contributed by atoms with Crippen LogP contribution in [-0.2, 0) is 0 Å². The van der Waals surface area contributed by atoms with Crippen molar-refractivity contribution in [2.75, 3.05) is 5.73 Å². The molecule has 2 rings (SSSR count). The fourth-order valence-electron chi connectivity index (χ4n) is 1.32. The number of hydrogen-bond acceptors (Lipinski definition) is 3. The molecule has 3 heteroatoms. The van der Waals surface area contributed by atoms with E-state index >= 15 is 0 Å². The molecular weight excluding hydrogens is 164 g/mol. The molecule has 0 fully saturated rings. The maximum absolute atomic E-state index is 9.44. The van der Waals surface area contributed by atoms with E-state index in [1.54, 1.807) is 12.1 Å². The zero-order valence-electron chi connectivity index (χ0n) is 7.20. The second-order valence-corrected chi connectivity index (χ2v) is 2.72. The molecule has 3 nitrogen and oxygen atoms in total. The Morgan fingerprint density at radius 1 is 0.923 bits per heavy atom. The highest BCUT2D eigenvalue weighted by Gasteiger charge is 1.99. The minimum Gasteiger partial charge on any atom is -0.507 e. The molecule has 0 aliphatic heterocycles. The number of phenolic OH excluding ortho intramolecular Hbond substituents is 1. The number of benzene rings is 2. The van der Waals surface area contributed by atoms with E-state index < -0.39 is 0 Å². The maximum atomic E-state index is 9.44. The lowest BCUT2D eigenvalue weighted by Gasteiger charge is -2.02. The second kappa shape index (κ2) is 3.33. The average molecular weight is 176 g/mol. The molecule has 2 aromatic carbocycles. The van der Waals surface area contributed by atoms with Crippen molar-refractivity contribution in [2.24, 2.45) is 0 Å². The van der Waals surface area contributed by atoms with Crippen molar-refractivity contribution in [3.05, 3.63) is 36.4 Å². The van der Waals surface area contributed by atoms with Crippen LogP contribution in [0.1, 0.15) is 0 Å². The van der Waals surface area contributed by atoms with Crippen LogP contribution in [0.3, 0.4) is 0 Å². The van der Waals surface area contributed by atoms with Crippen molar-refractivity contribution in [2.45, 2.75) is 0 Å². The van der Waals surface area contributed by atoms with Crippen molar-refractivity contribution >= 4 is 16.5 Å². The minimum absolute atomic E-state index is 0. The molecule has 0 unspecified atom stereocenters. The van der Waals surface area contributed by atoms with Gasteiger partial charge in [-0.05, 0) is 12.1 Å². The Labute approximate surface area is 76.4 Å². The van der Waals surface area contributed by atoms with Crippen molar-refractivity contribution in [3.8, 4) is 5.75 Å². The van der Waals surface area contributed by atoms with E-state index in [-0.39, 0.29) is 11.9 Å². The summed E-state index contributed by atoms with van der Waals surface area (Å²) in [6, 6.07) is 10.8. The molecule has 0 spiro atoms. The quantitative estimate of drug-likeness (QED) is 0.538. The molecule has 0 heterocycles. The van der Waals surface area contributed by atoms with Crippen LogP contribution in [0.25, 0.3) is 10.8 Å². The summed E-state index contributed by atoms with van der Waals surface area (Å²) < 4.78 is 0. The van der Waals surface area contributed by atoms with Crippen molar-refractivity contribution in [3.63, 3.8) is 0 Å². The van der Waals surface area contributed by atoms with Crippen molar-refractivity contribution in [1.29, 1.82) is 0 Å². The van der Waals surface area contributed by atoms with Gasteiger partial charge in [0.25, 0.3) is 0 Å². The molecule has 0 saturated carbocycles. The number of phenols is 1. The van der Waals surface area contributed by atoms with Crippen LogP contribution in [0, 0.1) is 0 Å². The molecule has 68 valence electrons. The van der Waals surface area contributed by atoms with Gasteiger partial charge in [0.05, 0.1) is 0 Å². The first-order valence-corrected chi connectivity index (χ1v) is 3.75. The van der Waals surface area contributed by atoms with Gasteiger partial charge in [0.1, 0.15) is 5.75 Å². The highest BCUT2D eigenvalue weighted by atomic mass is 16.3. The van der Waals surface area contributed by atoms with Gasteiger partial charge in [-0.15, -0.1) is 0 Å². The van der Waals surface area contributed by atoms with E-state index in [1.807, 2.05) is 24.3 Å². The van der Waals surface area contributed by atoms with Crippen LogP contribution in [0.4, 0.5) is 5.69 Å². The number of nitrogen functional groups attached to an aromatic ring is 1. The van der Waals surface area contributed by atoms with Crippen molar-refractivity contribution in [1.82, 2.24) is 6.15 Å². The fraction of sp³-hybridized carbons (Fsp3) is 0. The Kier molecular flexibility index (Phi) is 2.39. The van der Waals surface area contributed by atoms with Crippen LogP contribution in [0.15, 0.2) is 36.4 Å². The summed E-state index contributed by atoms with van der Waals surface area (Å²) in [4.78, 5) is 0. The fourth-order valence-corrected chi connectivity index (χ4v) is 1.32. The third kappa shape index (κ3) is 1.41. The summed E-state index contributed by atoms with van der Waals surface area (Å²) in [6.45, 7) is 0.